The van der Waals surface area contributed by atoms with Crippen molar-refractivity contribution >= 4 is 50.6 Å². The van der Waals surface area contributed by atoms with Crippen LogP contribution in [0.5, 0.6) is 0 Å². The summed E-state index contributed by atoms with van der Waals surface area (Å²) in [6.45, 7) is 7.10. The molecule has 0 aliphatic carbocycles. The fourth-order valence-electron chi connectivity index (χ4n) is 8.11. The highest BCUT2D eigenvalue weighted by Crippen LogP contribution is 2.51. The Morgan fingerprint density at radius 1 is 0.792 bits per heavy atom. The molecule has 0 saturated heterocycles. The first-order chi connectivity index (χ1) is 23.0. The smallest absolute Gasteiger partial charge is 0.335 e. The Morgan fingerprint density at radius 3 is 2.06 bits per heavy atom. The van der Waals surface area contributed by atoms with E-state index in [2.05, 4.69) is 122 Å². The third-order valence-corrected chi connectivity index (χ3v) is 10.3. The van der Waals surface area contributed by atoms with Crippen molar-refractivity contribution in [3.63, 3.8) is 0 Å². The normalized spacial score (nSPS) is 19.1. The van der Waals surface area contributed by atoms with Crippen molar-refractivity contribution in [2.75, 3.05) is 18.5 Å². The molecule has 0 aromatic heterocycles. The van der Waals surface area contributed by atoms with Crippen LogP contribution in [0.25, 0.3) is 21.5 Å². The summed E-state index contributed by atoms with van der Waals surface area (Å²) in [6, 6.07) is 32.7. The van der Waals surface area contributed by atoms with Crippen LogP contribution in [0, 0.1) is 0 Å². The minimum Gasteiger partial charge on any atom is -0.481 e. The number of aromatic carboxylic acids is 1. The average Bonchev–Trinajstić information content (AvgIpc) is 3.42. The van der Waals surface area contributed by atoms with Gasteiger partial charge in [-0.05, 0) is 76.4 Å². The highest BCUT2D eigenvalue weighted by atomic mass is 16.4. The fourth-order valence-corrected chi connectivity index (χ4v) is 8.11. The summed E-state index contributed by atoms with van der Waals surface area (Å²) in [6.07, 6.45) is 7.18. The predicted molar refractivity (Wildman–Crippen MR) is 193 cm³/mol. The number of aliphatic carboxylic acids is 1. The van der Waals surface area contributed by atoms with Crippen LogP contribution in [0.4, 0.5) is 11.4 Å². The molecule has 0 spiro atoms. The van der Waals surface area contributed by atoms with Gasteiger partial charge in [0.2, 0.25) is 5.69 Å². The second-order valence-electron chi connectivity index (χ2n) is 13.6. The van der Waals surface area contributed by atoms with Gasteiger partial charge in [-0.3, -0.25) is 4.79 Å². The Labute approximate surface area is 280 Å². The molecule has 0 amide bonds. The number of carbonyl (C=O) groups is 2. The van der Waals surface area contributed by atoms with Crippen LogP contribution in [0.3, 0.4) is 0 Å². The molecule has 0 fully saturated rings. The van der Waals surface area contributed by atoms with E-state index >= 15 is 0 Å². The van der Waals surface area contributed by atoms with E-state index in [1.165, 1.54) is 32.7 Å². The van der Waals surface area contributed by atoms with Gasteiger partial charge >= 0.3 is 11.9 Å². The number of hydrogen-bond acceptors (Lipinski definition) is 3. The number of nitrogens with zero attached hydrogens (tertiary/aromatic N) is 2. The quantitative estimate of drug-likeness (QED) is 0.167. The van der Waals surface area contributed by atoms with E-state index in [1.54, 1.807) is 12.1 Å². The number of fused-ring (bicyclic) bond motifs is 6. The molecule has 0 radical (unpaired) electrons. The van der Waals surface area contributed by atoms with Gasteiger partial charge in [-0.1, -0.05) is 86.7 Å². The van der Waals surface area contributed by atoms with Crippen molar-refractivity contribution in [2.24, 2.45) is 0 Å². The third kappa shape index (κ3) is 5.00. The van der Waals surface area contributed by atoms with Crippen molar-refractivity contribution < 1.29 is 24.4 Å². The monoisotopic (exact) mass is 635 g/mol. The zero-order chi connectivity index (χ0) is 33.8. The number of hydrogen-bond donors (Lipinski definition) is 2. The number of carboxylic acids is 2. The summed E-state index contributed by atoms with van der Waals surface area (Å²) in [4.78, 5) is 25.5. The maximum Gasteiger partial charge on any atom is 0.335 e. The van der Waals surface area contributed by atoms with Crippen LogP contribution < -0.4 is 4.90 Å². The molecule has 5 aromatic rings. The molecule has 6 nitrogen and oxygen atoms in total. The van der Waals surface area contributed by atoms with E-state index in [0.29, 0.717) is 13.0 Å². The highest BCUT2D eigenvalue weighted by Gasteiger charge is 2.48. The number of benzene rings is 5. The van der Waals surface area contributed by atoms with E-state index in [0.717, 1.165) is 28.3 Å². The molecular formula is C42H39N2O4+. The first-order valence-corrected chi connectivity index (χ1v) is 16.4. The van der Waals surface area contributed by atoms with Crippen LogP contribution >= 0.6 is 0 Å². The van der Waals surface area contributed by atoms with Crippen molar-refractivity contribution in [3.8, 4) is 0 Å². The van der Waals surface area contributed by atoms with Crippen molar-refractivity contribution in [3.05, 3.63) is 143 Å². The minimum atomic E-state index is -0.935. The summed E-state index contributed by atoms with van der Waals surface area (Å²) in [5.41, 5.74) is 7.40. The molecular weight excluding hydrogens is 596 g/mol. The molecule has 2 aliphatic heterocycles. The van der Waals surface area contributed by atoms with Gasteiger partial charge in [-0.25, -0.2) is 4.79 Å². The van der Waals surface area contributed by atoms with Gasteiger partial charge in [-0.2, -0.15) is 4.58 Å². The van der Waals surface area contributed by atoms with Crippen LogP contribution in [-0.4, -0.2) is 46.0 Å². The standard InChI is InChI=1S/C42H38N2O4/c1-41(2)35(44(25-24-37(45)46)34-23-21-28-10-5-7-12-31(28)38(34)41)14-9-15-36-42(3,26-27-16-18-30(19-17-27)40(47)48)39-32-13-8-6-11-29(32)20-22-33(39)43(36)4/h5-23H,24-26H2,1-4H3,(H-,45,46,47,48)/p+1. The fraction of sp³-hybridized carbons (Fsp3) is 0.214. The Kier molecular flexibility index (Phi) is 7.55. The molecule has 1 atom stereocenters. The van der Waals surface area contributed by atoms with Gasteiger partial charge in [0.15, 0.2) is 5.71 Å². The largest absolute Gasteiger partial charge is 0.481 e. The van der Waals surface area contributed by atoms with E-state index in [-0.39, 0.29) is 17.4 Å². The predicted octanol–water partition coefficient (Wildman–Crippen LogP) is 8.63. The zero-order valence-corrected chi connectivity index (χ0v) is 27.7. The van der Waals surface area contributed by atoms with Crippen molar-refractivity contribution in [2.45, 2.75) is 44.4 Å². The first-order valence-electron chi connectivity index (χ1n) is 16.4. The van der Waals surface area contributed by atoms with Crippen LogP contribution in [0.2, 0.25) is 0 Å². The van der Waals surface area contributed by atoms with Crippen LogP contribution in [-0.2, 0) is 22.0 Å². The second-order valence-corrected chi connectivity index (χ2v) is 13.6. The Balaban J connectivity index is 1.34. The molecule has 2 N–H and O–H groups in total. The molecule has 7 rings (SSSR count). The summed E-state index contributed by atoms with van der Waals surface area (Å²) < 4.78 is 2.27. The number of anilines is 1. The number of rotatable bonds is 8. The Hall–Kier alpha value is -5.49. The lowest BCUT2D eigenvalue weighted by molar-refractivity contribution is -0.401. The molecule has 2 heterocycles. The highest BCUT2D eigenvalue weighted by molar-refractivity contribution is 6.08. The van der Waals surface area contributed by atoms with Crippen molar-refractivity contribution in [1.29, 1.82) is 0 Å². The molecule has 6 heteroatoms. The van der Waals surface area contributed by atoms with E-state index in [1.807, 2.05) is 18.2 Å². The molecule has 0 bridgehead atoms. The summed E-state index contributed by atoms with van der Waals surface area (Å²) >= 11 is 0. The maximum absolute atomic E-state index is 11.7. The Bertz CT molecular complexity index is 2220. The SMILES string of the molecule is C[N+]1=C(/C=C/C=C2/N(CCC(=O)O)c3ccc4ccccc4c3C2(C)C)C(C)(Cc2ccc(C(=O)O)cc2)c2c1ccc1ccccc21. The number of carboxylic acid groups (broad SMARTS) is 2. The average molecular weight is 636 g/mol. The molecule has 5 aromatic carbocycles. The summed E-state index contributed by atoms with van der Waals surface area (Å²) in [5, 5.41) is 23.9. The van der Waals surface area contributed by atoms with Gasteiger partial charge in [0.1, 0.15) is 7.05 Å². The minimum absolute atomic E-state index is 0.0324. The summed E-state index contributed by atoms with van der Waals surface area (Å²) in [5.74, 6) is -1.76. The molecule has 48 heavy (non-hydrogen) atoms. The van der Waals surface area contributed by atoms with Gasteiger partial charge < -0.3 is 15.1 Å². The van der Waals surface area contributed by atoms with Gasteiger partial charge in [0, 0.05) is 41.1 Å². The molecule has 2 aliphatic rings. The first kappa shape index (κ1) is 31.1. The molecule has 0 saturated carbocycles. The lowest BCUT2D eigenvalue weighted by Crippen LogP contribution is -2.33. The van der Waals surface area contributed by atoms with E-state index in [9.17, 15) is 19.8 Å². The molecule has 240 valence electrons. The summed E-state index contributed by atoms with van der Waals surface area (Å²) in [7, 11) is 2.11. The van der Waals surface area contributed by atoms with Gasteiger partial charge in [0.25, 0.3) is 0 Å². The van der Waals surface area contributed by atoms with E-state index in [4.69, 9.17) is 0 Å². The lowest BCUT2D eigenvalue weighted by Gasteiger charge is -2.27. The third-order valence-electron chi connectivity index (χ3n) is 10.3. The maximum atomic E-state index is 11.7. The lowest BCUT2D eigenvalue weighted by atomic mass is 9.73. The van der Waals surface area contributed by atoms with E-state index < -0.39 is 17.4 Å². The van der Waals surface area contributed by atoms with Crippen LogP contribution in [0.15, 0.2) is 121 Å². The number of allylic oxidation sites excluding steroid dienone is 4. The van der Waals surface area contributed by atoms with Crippen molar-refractivity contribution in [1.82, 2.24) is 0 Å². The zero-order valence-electron chi connectivity index (χ0n) is 27.7. The molecule has 1 unspecified atom stereocenters. The topological polar surface area (TPSA) is 80.8 Å². The van der Waals surface area contributed by atoms with Gasteiger partial charge in [0.05, 0.1) is 17.4 Å². The van der Waals surface area contributed by atoms with Crippen LogP contribution in [0.1, 0.15) is 54.2 Å². The second kappa shape index (κ2) is 11.6. The van der Waals surface area contributed by atoms with Gasteiger partial charge in [-0.15, -0.1) is 0 Å². The Morgan fingerprint density at radius 2 is 1.42 bits per heavy atom.